The normalized spacial score (nSPS) is 13.7. The van der Waals surface area contributed by atoms with Gasteiger partial charge in [-0.2, -0.15) is 0 Å². The standard InChI is InChI=1S/C46H88NO4.ClH/c1-8-10-12-14-16-18-20-22-24-26-28-30-32-34-36-38-45(48)50-42(3)40-44(41-47(5,6)7)43(4)51-46(49)39-37-35-33-31-29-27-25-23-21-19-17-15-13-11-9-2;/h22-25,42-44H,8-21,26-41H2,1-7H3;1H/q+1;/p-1/b24-22-,25-23-;. The van der Waals surface area contributed by atoms with E-state index < -0.39 is 0 Å². The molecule has 52 heavy (non-hydrogen) atoms. The lowest BCUT2D eigenvalue weighted by Gasteiger charge is -2.33. The zero-order chi connectivity index (χ0) is 37.8. The van der Waals surface area contributed by atoms with Gasteiger partial charge < -0.3 is 26.4 Å². The van der Waals surface area contributed by atoms with Gasteiger partial charge in [-0.25, -0.2) is 0 Å². The summed E-state index contributed by atoms with van der Waals surface area (Å²) in [5.74, 6) is -0.0657. The number of halogens is 1. The lowest BCUT2D eigenvalue weighted by Crippen LogP contribution is -3.00. The van der Waals surface area contributed by atoms with Gasteiger partial charge in [0.15, 0.2) is 0 Å². The second-order valence-corrected chi connectivity index (χ2v) is 16.6. The van der Waals surface area contributed by atoms with E-state index in [4.69, 9.17) is 9.47 Å². The molecule has 0 saturated heterocycles. The molecule has 0 amide bonds. The summed E-state index contributed by atoms with van der Waals surface area (Å²) >= 11 is 0. The fourth-order valence-corrected chi connectivity index (χ4v) is 6.92. The monoisotopic (exact) mass is 754 g/mol. The van der Waals surface area contributed by atoms with E-state index >= 15 is 0 Å². The summed E-state index contributed by atoms with van der Waals surface area (Å²) in [5.41, 5.74) is 0. The topological polar surface area (TPSA) is 52.6 Å². The number of allylic oxidation sites excluding steroid dienone is 4. The lowest BCUT2D eigenvalue weighted by atomic mass is 9.95. The van der Waals surface area contributed by atoms with Gasteiger partial charge in [0.1, 0.15) is 6.10 Å². The van der Waals surface area contributed by atoms with Crippen molar-refractivity contribution < 1.29 is 36.0 Å². The zero-order valence-corrected chi connectivity index (χ0v) is 36.5. The van der Waals surface area contributed by atoms with Gasteiger partial charge >= 0.3 is 11.9 Å². The molecule has 3 unspecified atom stereocenters. The summed E-state index contributed by atoms with van der Waals surface area (Å²) in [6.45, 7) is 9.40. The highest BCUT2D eigenvalue weighted by Crippen LogP contribution is 2.21. The van der Waals surface area contributed by atoms with Gasteiger partial charge in [0.25, 0.3) is 0 Å². The maximum Gasteiger partial charge on any atom is 0.306 e. The number of quaternary nitrogens is 1. The van der Waals surface area contributed by atoms with Crippen LogP contribution in [-0.4, -0.2) is 56.3 Å². The van der Waals surface area contributed by atoms with Crippen molar-refractivity contribution >= 4 is 11.9 Å². The molecule has 0 aromatic carbocycles. The number of carbonyl (C=O) groups excluding carboxylic acids is 2. The number of nitrogens with zero attached hydrogens (tertiary/aromatic N) is 1. The minimum Gasteiger partial charge on any atom is -1.00 e. The van der Waals surface area contributed by atoms with Gasteiger partial charge in [-0.15, -0.1) is 0 Å². The van der Waals surface area contributed by atoms with Gasteiger partial charge in [0.05, 0.1) is 33.8 Å². The molecule has 0 heterocycles. The van der Waals surface area contributed by atoms with Gasteiger partial charge in [0.2, 0.25) is 0 Å². The van der Waals surface area contributed by atoms with Gasteiger partial charge in [-0.3, -0.25) is 9.59 Å². The molecular weight excluding hydrogens is 666 g/mol. The van der Waals surface area contributed by atoms with Crippen molar-refractivity contribution in [2.75, 3.05) is 27.7 Å². The first-order chi connectivity index (χ1) is 24.6. The first kappa shape index (κ1) is 52.8. The maximum absolute atomic E-state index is 12.7. The molecule has 308 valence electrons. The summed E-state index contributed by atoms with van der Waals surface area (Å²) in [5, 5.41) is 0. The molecule has 0 aromatic rings. The SMILES string of the molecule is CCCCCCCC/C=C\CCCCCCCC(=O)OC(C)CC(C[N+](C)(C)C)C(C)OC(=O)CCCCCCC/C=C\CCCCCCCC.[Cl-]. The Kier molecular flexibility index (Phi) is 38.5. The summed E-state index contributed by atoms with van der Waals surface area (Å²) in [7, 11) is 6.49. The van der Waals surface area contributed by atoms with Crippen LogP contribution in [0.5, 0.6) is 0 Å². The van der Waals surface area contributed by atoms with Crippen molar-refractivity contribution in [2.24, 2.45) is 5.92 Å². The van der Waals surface area contributed by atoms with Crippen LogP contribution in [0.15, 0.2) is 24.3 Å². The minimum absolute atomic E-state index is 0. The Balaban J connectivity index is 0. The molecule has 0 bridgehead atoms. The summed E-state index contributed by atoms with van der Waals surface area (Å²) in [6.07, 6.45) is 43.2. The van der Waals surface area contributed by atoms with E-state index in [9.17, 15) is 9.59 Å². The molecule has 0 aliphatic heterocycles. The molecule has 0 spiro atoms. The Bertz CT molecular complexity index is 852. The first-order valence-electron chi connectivity index (χ1n) is 22.1. The molecule has 0 saturated carbocycles. The predicted molar refractivity (Wildman–Crippen MR) is 221 cm³/mol. The van der Waals surface area contributed by atoms with Crippen LogP contribution >= 0.6 is 0 Å². The van der Waals surface area contributed by atoms with Crippen molar-refractivity contribution in [3.05, 3.63) is 24.3 Å². The maximum atomic E-state index is 12.7. The third-order valence-corrected chi connectivity index (χ3v) is 10.0. The number of unbranched alkanes of at least 4 members (excludes halogenated alkanes) is 22. The van der Waals surface area contributed by atoms with Gasteiger partial charge in [-0.1, -0.05) is 141 Å². The molecule has 0 aromatic heterocycles. The molecule has 5 nitrogen and oxygen atoms in total. The van der Waals surface area contributed by atoms with Crippen LogP contribution in [0.3, 0.4) is 0 Å². The molecular formula is C46H88ClNO4. The lowest BCUT2D eigenvalue weighted by molar-refractivity contribution is -0.874. The van der Waals surface area contributed by atoms with Crippen LogP contribution in [0.25, 0.3) is 0 Å². The van der Waals surface area contributed by atoms with Crippen molar-refractivity contribution in [3.8, 4) is 0 Å². The summed E-state index contributed by atoms with van der Waals surface area (Å²) < 4.78 is 12.5. The van der Waals surface area contributed by atoms with E-state index in [1.807, 2.05) is 13.8 Å². The highest BCUT2D eigenvalue weighted by atomic mass is 35.5. The zero-order valence-electron chi connectivity index (χ0n) is 35.7. The third-order valence-electron chi connectivity index (χ3n) is 10.0. The Labute approximate surface area is 330 Å². The van der Waals surface area contributed by atoms with Gasteiger partial charge in [-0.05, 0) is 84.5 Å². The fourth-order valence-electron chi connectivity index (χ4n) is 6.92. The summed E-state index contributed by atoms with van der Waals surface area (Å²) in [4.78, 5) is 25.3. The second kappa shape index (κ2) is 38.0. The smallest absolute Gasteiger partial charge is 0.306 e. The number of hydrogen-bond acceptors (Lipinski definition) is 4. The van der Waals surface area contributed by atoms with Crippen LogP contribution < -0.4 is 12.4 Å². The van der Waals surface area contributed by atoms with Crippen LogP contribution in [0.4, 0.5) is 0 Å². The Morgan fingerprint density at radius 2 is 0.827 bits per heavy atom. The average Bonchev–Trinajstić information content (AvgIpc) is 3.07. The first-order valence-corrected chi connectivity index (χ1v) is 22.1. The van der Waals surface area contributed by atoms with E-state index in [1.54, 1.807) is 0 Å². The number of esters is 2. The Morgan fingerprint density at radius 1 is 0.500 bits per heavy atom. The van der Waals surface area contributed by atoms with Crippen LogP contribution in [0.1, 0.15) is 214 Å². The van der Waals surface area contributed by atoms with Crippen LogP contribution in [0, 0.1) is 5.92 Å². The largest absolute Gasteiger partial charge is 1.00 e. The van der Waals surface area contributed by atoms with E-state index in [0.29, 0.717) is 19.3 Å². The van der Waals surface area contributed by atoms with Crippen molar-refractivity contribution in [2.45, 2.75) is 226 Å². The quantitative estimate of drug-likeness (QED) is 0.0274. The van der Waals surface area contributed by atoms with Gasteiger partial charge in [0, 0.05) is 18.8 Å². The number of carbonyl (C=O) groups is 2. The number of ether oxygens (including phenoxy) is 2. The molecule has 0 N–H and O–H groups in total. The van der Waals surface area contributed by atoms with Crippen molar-refractivity contribution in [3.63, 3.8) is 0 Å². The molecule has 6 heteroatoms. The van der Waals surface area contributed by atoms with Crippen LogP contribution in [-0.2, 0) is 19.1 Å². The van der Waals surface area contributed by atoms with E-state index in [0.717, 1.165) is 36.7 Å². The molecule has 0 aliphatic carbocycles. The second-order valence-electron chi connectivity index (χ2n) is 16.6. The number of hydrogen-bond donors (Lipinski definition) is 0. The van der Waals surface area contributed by atoms with E-state index in [2.05, 4.69) is 59.3 Å². The van der Waals surface area contributed by atoms with E-state index in [-0.39, 0.29) is 42.5 Å². The molecule has 0 radical (unpaired) electrons. The van der Waals surface area contributed by atoms with Crippen LogP contribution in [0.2, 0.25) is 0 Å². The molecule has 0 aliphatic rings. The summed E-state index contributed by atoms with van der Waals surface area (Å²) in [6, 6.07) is 0. The number of rotatable bonds is 37. The molecule has 0 rings (SSSR count). The third kappa shape index (κ3) is 38.4. The fraction of sp³-hybridized carbons (Fsp3) is 0.870. The van der Waals surface area contributed by atoms with E-state index in [1.165, 1.54) is 141 Å². The highest BCUT2D eigenvalue weighted by Gasteiger charge is 2.29. The average molecular weight is 755 g/mol. The van der Waals surface area contributed by atoms with Crippen molar-refractivity contribution in [1.29, 1.82) is 0 Å². The molecule has 3 atom stereocenters. The highest BCUT2D eigenvalue weighted by molar-refractivity contribution is 5.69. The van der Waals surface area contributed by atoms with Crippen molar-refractivity contribution in [1.82, 2.24) is 0 Å². The Hall–Kier alpha value is -1.33. The minimum atomic E-state index is -0.204. The Morgan fingerprint density at radius 3 is 1.19 bits per heavy atom. The molecule has 0 fully saturated rings. The predicted octanol–water partition coefficient (Wildman–Crippen LogP) is 10.6.